The fourth-order valence-electron chi connectivity index (χ4n) is 2.47. The van der Waals surface area contributed by atoms with Crippen LogP contribution in [0.5, 0.6) is 0 Å². The van der Waals surface area contributed by atoms with Gasteiger partial charge in [0, 0.05) is 6.54 Å². The Morgan fingerprint density at radius 1 is 1.33 bits per heavy atom. The molecule has 0 aliphatic rings. The predicted molar refractivity (Wildman–Crippen MR) is 89.3 cm³/mol. The van der Waals surface area contributed by atoms with Crippen LogP contribution in [-0.2, 0) is 6.54 Å². The molecule has 6 heteroatoms. The molecule has 0 bridgehead atoms. The van der Waals surface area contributed by atoms with Crippen LogP contribution >= 0.6 is 22.9 Å². The number of rotatable bonds is 7. The first-order chi connectivity index (χ1) is 10.1. The molecule has 2 aromatic heterocycles. The van der Waals surface area contributed by atoms with Crippen molar-refractivity contribution in [3.05, 3.63) is 32.5 Å². The average Bonchev–Trinajstić information content (AvgIpc) is 2.96. The second kappa shape index (κ2) is 7.38. The standard InChI is InChI=1S/C15H23ClN4S/c1-5-7-17-13(15-10(3)19-11(4)21-15)14-12(16)9-18-20(14)8-6-2/h9,13,17H,5-8H2,1-4H3. The molecule has 0 spiro atoms. The van der Waals surface area contributed by atoms with Crippen LogP contribution in [0.25, 0.3) is 0 Å². The molecule has 4 nitrogen and oxygen atoms in total. The van der Waals surface area contributed by atoms with E-state index in [1.54, 1.807) is 17.5 Å². The largest absolute Gasteiger partial charge is 0.304 e. The number of hydrogen-bond acceptors (Lipinski definition) is 4. The van der Waals surface area contributed by atoms with Crippen molar-refractivity contribution in [2.45, 2.75) is 53.1 Å². The van der Waals surface area contributed by atoms with Crippen LogP contribution in [0.4, 0.5) is 0 Å². The van der Waals surface area contributed by atoms with Gasteiger partial charge in [-0.2, -0.15) is 5.10 Å². The van der Waals surface area contributed by atoms with Crippen molar-refractivity contribution in [2.24, 2.45) is 0 Å². The molecule has 0 aliphatic heterocycles. The zero-order chi connectivity index (χ0) is 15.4. The third-order valence-electron chi connectivity index (χ3n) is 3.34. The Kier molecular flexibility index (Phi) is 5.79. The minimum absolute atomic E-state index is 0.0673. The summed E-state index contributed by atoms with van der Waals surface area (Å²) in [6.45, 7) is 10.2. The van der Waals surface area contributed by atoms with E-state index in [0.717, 1.165) is 47.3 Å². The van der Waals surface area contributed by atoms with Gasteiger partial charge < -0.3 is 5.32 Å². The third kappa shape index (κ3) is 3.65. The first-order valence-electron chi connectivity index (χ1n) is 7.46. The molecule has 0 aliphatic carbocycles. The molecule has 21 heavy (non-hydrogen) atoms. The summed E-state index contributed by atoms with van der Waals surface area (Å²) in [4.78, 5) is 5.80. The summed E-state index contributed by atoms with van der Waals surface area (Å²) in [6, 6.07) is 0.0673. The van der Waals surface area contributed by atoms with Gasteiger partial charge in [-0.25, -0.2) is 4.98 Å². The molecule has 0 radical (unpaired) electrons. The summed E-state index contributed by atoms with van der Waals surface area (Å²) < 4.78 is 2.02. The lowest BCUT2D eigenvalue weighted by molar-refractivity contribution is 0.514. The number of aromatic nitrogens is 3. The van der Waals surface area contributed by atoms with E-state index < -0.39 is 0 Å². The highest BCUT2D eigenvalue weighted by Crippen LogP contribution is 2.33. The van der Waals surface area contributed by atoms with Crippen LogP contribution in [0.15, 0.2) is 6.20 Å². The van der Waals surface area contributed by atoms with Gasteiger partial charge in [-0.05, 0) is 33.2 Å². The van der Waals surface area contributed by atoms with Crippen molar-refractivity contribution in [3.63, 3.8) is 0 Å². The smallest absolute Gasteiger partial charge is 0.0900 e. The predicted octanol–water partition coefficient (Wildman–Crippen LogP) is 4.11. The Morgan fingerprint density at radius 3 is 2.67 bits per heavy atom. The summed E-state index contributed by atoms with van der Waals surface area (Å²) in [5, 5.41) is 9.84. The molecule has 0 saturated heterocycles. The van der Waals surface area contributed by atoms with E-state index in [1.807, 2.05) is 11.6 Å². The summed E-state index contributed by atoms with van der Waals surface area (Å²) in [5.74, 6) is 0. The maximum Gasteiger partial charge on any atom is 0.0900 e. The van der Waals surface area contributed by atoms with Crippen LogP contribution in [-0.4, -0.2) is 21.3 Å². The van der Waals surface area contributed by atoms with E-state index >= 15 is 0 Å². The fraction of sp³-hybridized carbons (Fsp3) is 0.600. The molecule has 2 rings (SSSR count). The lowest BCUT2D eigenvalue weighted by atomic mass is 10.1. The van der Waals surface area contributed by atoms with Crippen LogP contribution < -0.4 is 5.32 Å². The molecule has 1 N–H and O–H groups in total. The number of hydrogen-bond donors (Lipinski definition) is 1. The van der Waals surface area contributed by atoms with Crippen molar-refractivity contribution >= 4 is 22.9 Å². The fourth-order valence-corrected chi connectivity index (χ4v) is 3.72. The summed E-state index contributed by atoms with van der Waals surface area (Å²) in [5.41, 5.74) is 2.13. The molecule has 0 fully saturated rings. The summed E-state index contributed by atoms with van der Waals surface area (Å²) in [6.07, 6.45) is 3.86. The van der Waals surface area contributed by atoms with Crippen LogP contribution in [0.1, 0.15) is 54.0 Å². The maximum atomic E-state index is 6.42. The average molecular weight is 327 g/mol. The number of thiazole rings is 1. The second-order valence-corrected chi connectivity index (χ2v) is 6.81. The summed E-state index contributed by atoms with van der Waals surface area (Å²) in [7, 11) is 0. The molecule has 0 amide bonds. The first-order valence-corrected chi connectivity index (χ1v) is 8.66. The lowest BCUT2D eigenvalue weighted by Gasteiger charge is -2.20. The SMILES string of the molecule is CCCNC(c1sc(C)nc1C)c1c(Cl)cnn1CCC. The van der Waals surface area contributed by atoms with E-state index in [9.17, 15) is 0 Å². The van der Waals surface area contributed by atoms with E-state index in [0.29, 0.717) is 0 Å². The molecule has 0 saturated carbocycles. The summed E-state index contributed by atoms with van der Waals surface area (Å²) >= 11 is 8.16. The molecular weight excluding hydrogens is 304 g/mol. The molecule has 1 atom stereocenters. The van der Waals surface area contributed by atoms with Gasteiger partial charge in [0.2, 0.25) is 0 Å². The van der Waals surface area contributed by atoms with Gasteiger partial charge in [-0.15, -0.1) is 11.3 Å². The quantitative estimate of drug-likeness (QED) is 0.832. The third-order valence-corrected chi connectivity index (χ3v) is 4.77. The van der Waals surface area contributed by atoms with E-state index in [-0.39, 0.29) is 6.04 Å². The van der Waals surface area contributed by atoms with Crippen LogP contribution in [0, 0.1) is 13.8 Å². The van der Waals surface area contributed by atoms with Gasteiger partial charge in [0.25, 0.3) is 0 Å². The lowest BCUT2D eigenvalue weighted by Crippen LogP contribution is -2.26. The highest BCUT2D eigenvalue weighted by Gasteiger charge is 2.25. The Bertz CT molecular complexity index is 591. The van der Waals surface area contributed by atoms with Gasteiger partial charge in [-0.3, -0.25) is 4.68 Å². The Labute approximate surface area is 135 Å². The highest BCUT2D eigenvalue weighted by molar-refractivity contribution is 7.11. The molecular formula is C15H23ClN4S. The maximum absolute atomic E-state index is 6.42. The normalized spacial score (nSPS) is 12.8. The van der Waals surface area contributed by atoms with E-state index in [4.69, 9.17) is 11.6 Å². The Balaban J connectivity index is 2.45. The van der Waals surface area contributed by atoms with Crippen LogP contribution in [0.2, 0.25) is 5.02 Å². The van der Waals surface area contributed by atoms with Gasteiger partial charge in [0.15, 0.2) is 0 Å². The number of aryl methyl sites for hydroxylation is 3. The number of halogens is 1. The Morgan fingerprint density at radius 2 is 2.10 bits per heavy atom. The van der Waals surface area contributed by atoms with Crippen molar-refractivity contribution in [2.75, 3.05) is 6.54 Å². The van der Waals surface area contributed by atoms with Crippen molar-refractivity contribution in [3.8, 4) is 0 Å². The number of nitrogens with zero attached hydrogens (tertiary/aromatic N) is 3. The van der Waals surface area contributed by atoms with Crippen molar-refractivity contribution in [1.82, 2.24) is 20.1 Å². The molecule has 2 aromatic rings. The number of nitrogens with one attached hydrogen (secondary N) is 1. The second-order valence-electron chi connectivity index (χ2n) is 5.17. The molecule has 1 unspecified atom stereocenters. The zero-order valence-electron chi connectivity index (χ0n) is 13.1. The van der Waals surface area contributed by atoms with E-state index in [1.165, 1.54) is 4.88 Å². The van der Waals surface area contributed by atoms with Gasteiger partial charge in [0.1, 0.15) is 0 Å². The highest BCUT2D eigenvalue weighted by atomic mass is 35.5. The molecule has 116 valence electrons. The van der Waals surface area contributed by atoms with E-state index in [2.05, 4.69) is 36.2 Å². The topological polar surface area (TPSA) is 42.7 Å². The minimum atomic E-state index is 0.0673. The molecule has 2 heterocycles. The Hall–Kier alpha value is -0.910. The first kappa shape index (κ1) is 16.5. The zero-order valence-corrected chi connectivity index (χ0v) is 14.7. The van der Waals surface area contributed by atoms with Gasteiger partial charge in [-0.1, -0.05) is 25.4 Å². The molecule has 0 aromatic carbocycles. The van der Waals surface area contributed by atoms with Crippen molar-refractivity contribution < 1.29 is 0 Å². The van der Waals surface area contributed by atoms with Crippen LogP contribution in [0.3, 0.4) is 0 Å². The van der Waals surface area contributed by atoms with Crippen molar-refractivity contribution in [1.29, 1.82) is 0 Å². The monoisotopic (exact) mass is 326 g/mol. The minimum Gasteiger partial charge on any atom is -0.304 e. The van der Waals surface area contributed by atoms with Gasteiger partial charge >= 0.3 is 0 Å². The van der Waals surface area contributed by atoms with Gasteiger partial charge in [0.05, 0.1) is 38.5 Å².